The molecule has 0 atom stereocenters. The highest BCUT2D eigenvalue weighted by Gasteiger charge is 2.28. The van der Waals surface area contributed by atoms with Gasteiger partial charge >= 0.3 is 5.97 Å². The molecule has 0 spiro atoms. The van der Waals surface area contributed by atoms with E-state index >= 15 is 0 Å². The van der Waals surface area contributed by atoms with Crippen LogP contribution in [0.15, 0.2) is 18.2 Å². The number of H-pyrrole nitrogens is 1. The highest BCUT2D eigenvalue weighted by atomic mass is 16.4. The Hall–Kier alpha value is -2.30. The van der Waals surface area contributed by atoms with Crippen LogP contribution in [0.3, 0.4) is 0 Å². The molecule has 5 heteroatoms. The SMILES string of the molecule is Cc1[nH]c2c(C(=O)N3CCC(C(=O)O)CC3)cccc2c1C. The second-order valence-electron chi connectivity index (χ2n) is 6.01. The molecule has 2 aromatic rings. The number of aryl methyl sites for hydroxylation is 2. The van der Waals surface area contributed by atoms with Crippen molar-refractivity contribution in [1.82, 2.24) is 9.88 Å². The number of para-hydroxylation sites is 1. The van der Waals surface area contributed by atoms with Crippen LogP contribution in [0.1, 0.15) is 34.5 Å². The van der Waals surface area contributed by atoms with E-state index in [2.05, 4.69) is 4.98 Å². The van der Waals surface area contributed by atoms with Crippen LogP contribution in [0.2, 0.25) is 0 Å². The van der Waals surface area contributed by atoms with Crippen LogP contribution in [0.5, 0.6) is 0 Å². The fourth-order valence-corrected chi connectivity index (χ4v) is 3.16. The van der Waals surface area contributed by atoms with Gasteiger partial charge in [-0.3, -0.25) is 9.59 Å². The van der Waals surface area contributed by atoms with Gasteiger partial charge in [-0.1, -0.05) is 12.1 Å². The molecule has 1 aromatic carbocycles. The van der Waals surface area contributed by atoms with Gasteiger partial charge in [0.2, 0.25) is 0 Å². The van der Waals surface area contributed by atoms with Gasteiger partial charge in [0.15, 0.2) is 0 Å². The monoisotopic (exact) mass is 300 g/mol. The van der Waals surface area contributed by atoms with Gasteiger partial charge in [-0.05, 0) is 38.3 Å². The van der Waals surface area contributed by atoms with Crippen LogP contribution in [0, 0.1) is 19.8 Å². The van der Waals surface area contributed by atoms with Gasteiger partial charge in [-0.25, -0.2) is 0 Å². The predicted molar refractivity (Wildman–Crippen MR) is 84.0 cm³/mol. The smallest absolute Gasteiger partial charge is 0.306 e. The molecule has 0 saturated carbocycles. The minimum absolute atomic E-state index is 0.0179. The van der Waals surface area contributed by atoms with Crippen molar-refractivity contribution in [1.29, 1.82) is 0 Å². The average molecular weight is 300 g/mol. The summed E-state index contributed by atoms with van der Waals surface area (Å²) in [5, 5.41) is 10.1. The van der Waals surface area contributed by atoms with Crippen LogP contribution >= 0.6 is 0 Å². The number of nitrogens with one attached hydrogen (secondary N) is 1. The van der Waals surface area contributed by atoms with E-state index in [1.165, 1.54) is 0 Å². The van der Waals surface area contributed by atoms with Crippen molar-refractivity contribution in [2.45, 2.75) is 26.7 Å². The first-order valence-corrected chi connectivity index (χ1v) is 7.59. The van der Waals surface area contributed by atoms with Gasteiger partial charge in [0.05, 0.1) is 17.0 Å². The quantitative estimate of drug-likeness (QED) is 0.895. The van der Waals surface area contributed by atoms with Gasteiger partial charge in [0, 0.05) is 24.2 Å². The summed E-state index contributed by atoms with van der Waals surface area (Å²) in [5.74, 6) is -1.10. The summed E-state index contributed by atoms with van der Waals surface area (Å²) in [6, 6.07) is 5.75. The Morgan fingerprint density at radius 1 is 1.23 bits per heavy atom. The Labute approximate surface area is 128 Å². The molecule has 0 aliphatic carbocycles. The number of hydrogen-bond acceptors (Lipinski definition) is 2. The number of carboxylic acid groups (broad SMARTS) is 1. The number of aromatic amines is 1. The summed E-state index contributed by atoms with van der Waals surface area (Å²) in [6.07, 6.45) is 1.06. The second kappa shape index (κ2) is 5.48. The van der Waals surface area contributed by atoms with Crippen molar-refractivity contribution in [3.05, 3.63) is 35.0 Å². The number of carbonyl (C=O) groups excluding carboxylic acids is 1. The molecule has 2 N–H and O–H groups in total. The van der Waals surface area contributed by atoms with Gasteiger partial charge in [0.1, 0.15) is 0 Å². The summed E-state index contributed by atoms with van der Waals surface area (Å²) < 4.78 is 0. The van der Waals surface area contributed by atoms with Crippen molar-refractivity contribution in [2.75, 3.05) is 13.1 Å². The van der Waals surface area contributed by atoms with Crippen molar-refractivity contribution < 1.29 is 14.7 Å². The van der Waals surface area contributed by atoms with Crippen molar-refractivity contribution in [2.24, 2.45) is 5.92 Å². The lowest BCUT2D eigenvalue weighted by atomic mass is 9.96. The average Bonchev–Trinajstić information content (AvgIpc) is 2.82. The van der Waals surface area contributed by atoms with E-state index in [0.717, 1.165) is 22.2 Å². The number of piperidine rings is 1. The van der Waals surface area contributed by atoms with E-state index in [1.54, 1.807) is 4.90 Å². The number of benzene rings is 1. The molecule has 1 aliphatic rings. The zero-order valence-corrected chi connectivity index (χ0v) is 12.8. The minimum Gasteiger partial charge on any atom is -0.481 e. The summed E-state index contributed by atoms with van der Waals surface area (Å²) in [5.41, 5.74) is 3.78. The fourth-order valence-electron chi connectivity index (χ4n) is 3.16. The van der Waals surface area contributed by atoms with Gasteiger partial charge in [-0.2, -0.15) is 0 Å². The number of amides is 1. The van der Waals surface area contributed by atoms with Gasteiger partial charge in [-0.15, -0.1) is 0 Å². The summed E-state index contributed by atoms with van der Waals surface area (Å²) in [7, 11) is 0. The number of hydrogen-bond donors (Lipinski definition) is 2. The molecular formula is C17H20N2O3. The standard InChI is InChI=1S/C17H20N2O3/c1-10-11(2)18-15-13(10)4-3-5-14(15)16(20)19-8-6-12(7-9-19)17(21)22/h3-5,12,18H,6-9H2,1-2H3,(H,21,22). The Morgan fingerprint density at radius 2 is 1.91 bits per heavy atom. The third-order valence-electron chi connectivity index (χ3n) is 4.71. The molecule has 0 unspecified atom stereocenters. The molecule has 1 fully saturated rings. The number of carboxylic acids is 1. The molecule has 3 rings (SSSR count). The molecular weight excluding hydrogens is 280 g/mol. The largest absolute Gasteiger partial charge is 0.481 e. The number of aromatic nitrogens is 1. The number of carbonyl (C=O) groups is 2. The van der Waals surface area contributed by atoms with E-state index < -0.39 is 5.97 Å². The summed E-state index contributed by atoms with van der Waals surface area (Å²) in [6.45, 7) is 5.05. The third kappa shape index (κ3) is 2.36. The third-order valence-corrected chi connectivity index (χ3v) is 4.71. The molecule has 0 bridgehead atoms. The highest BCUT2D eigenvalue weighted by Crippen LogP contribution is 2.26. The first-order valence-electron chi connectivity index (χ1n) is 7.59. The Kier molecular flexibility index (Phi) is 3.64. The lowest BCUT2D eigenvalue weighted by Gasteiger charge is -2.30. The van der Waals surface area contributed by atoms with Crippen LogP contribution in [-0.4, -0.2) is 40.0 Å². The van der Waals surface area contributed by atoms with E-state index in [9.17, 15) is 9.59 Å². The maximum absolute atomic E-state index is 12.8. The maximum atomic E-state index is 12.8. The number of fused-ring (bicyclic) bond motifs is 1. The van der Waals surface area contributed by atoms with Crippen LogP contribution in [0.4, 0.5) is 0 Å². The topological polar surface area (TPSA) is 73.4 Å². The molecule has 1 saturated heterocycles. The number of aliphatic carboxylic acids is 1. The maximum Gasteiger partial charge on any atom is 0.306 e. The van der Waals surface area contributed by atoms with Crippen molar-refractivity contribution in [3.8, 4) is 0 Å². The van der Waals surface area contributed by atoms with Crippen LogP contribution < -0.4 is 0 Å². The summed E-state index contributed by atoms with van der Waals surface area (Å²) >= 11 is 0. The van der Waals surface area contributed by atoms with Gasteiger partial charge in [0.25, 0.3) is 5.91 Å². The molecule has 2 heterocycles. The zero-order valence-electron chi connectivity index (χ0n) is 12.8. The number of likely N-dealkylation sites (tertiary alicyclic amines) is 1. The van der Waals surface area contributed by atoms with Crippen molar-refractivity contribution in [3.63, 3.8) is 0 Å². The number of nitrogens with zero attached hydrogens (tertiary/aromatic N) is 1. The first kappa shape index (κ1) is 14.6. The normalized spacial score (nSPS) is 16.2. The minimum atomic E-state index is -0.759. The molecule has 0 radical (unpaired) electrons. The fraction of sp³-hybridized carbons (Fsp3) is 0.412. The Morgan fingerprint density at radius 3 is 2.55 bits per heavy atom. The van der Waals surface area contributed by atoms with Crippen LogP contribution in [0.25, 0.3) is 10.9 Å². The molecule has 1 amide bonds. The molecule has 5 nitrogen and oxygen atoms in total. The summed E-state index contributed by atoms with van der Waals surface area (Å²) in [4.78, 5) is 28.8. The highest BCUT2D eigenvalue weighted by molar-refractivity contribution is 6.06. The van der Waals surface area contributed by atoms with E-state index in [4.69, 9.17) is 5.11 Å². The molecule has 1 aliphatic heterocycles. The van der Waals surface area contributed by atoms with Crippen molar-refractivity contribution >= 4 is 22.8 Å². The lowest BCUT2D eigenvalue weighted by molar-refractivity contribution is -0.143. The van der Waals surface area contributed by atoms with E-state index in [1.807, 2.05) is 32.0 Å². The van der Waals surface area contributed by atoms with E-state index in [0.29, 0.717) is 31.5 Å². The molecule has 116 valence electrons. The molecule has 1 aromatic heterocycles. The second-order valence-corrected chi connectivity index (χ2v) is 6.01. The van der Waals surface area contributed by atoms with Gasteiger partial charge < -0.3 is 15.0 Å². The Balaban J connectivity index is 1.87. The number of rotatable bonds is 2. The van der Waals surface area contributed by atoms with E-state index in [-0.39, 0.29) is 11.8 Å². The first-order chi connectivity index (χ1) is 10.5. The predicted octanol–water partition coefficient (Wildman–Crippen LogP) is 2.72. The lowest BCUT2D eigenvalue weighted by Crippen LogP contribution is -2.40. The molecule has 22 heavy (non-hydrogen) atoms. The zero-order chi connectivity index (χ0) is 15.9. The Bertz CT molecular complexity index is 740. The van der Waals surface area contributed by atoms with Crippen LogP contribution in [-0.2, 0) is 4.79 Å².